The molecule has 180 valence electrons. The van der Waals surface area contributed by atoms with Crippen LogP contribution in [0.3, 0.4) is 0 Å². The van der Waals surface area contributed by atoms with E-state index in [0.717, 1.165) is 5.56 Å². The summed E-state index contributed by atoms with van der Waals surface area (Å²) in [5, 5.41) is 13.2. The number of urea groups is 1. The summed E-state index contributed by atoms with van der Waals surface area (Å²) < 4.78 is 7.82. The zero-order valence-corrected chi connectivity index (χ0v) is 20.6. The summed E-state index contributed by atoms with van der Waals surface area (Å²) in [5.41, 5.74) is 3.28. The topological polar surface area (TPSA) is 127 Å². The number of anilines is 2. The molecule has 0 fully saturated rings. The quantitative estimate of drug-likeness (QED) is 0.278. The van der Waals surface area contributed by atoms with Gasteiger partial charge >= 0.3 is 6.03 Å². The zero-order valence-electron chi connectivity index (χ0n) is 19.0. The Labute approximate surface area is 213 Å². The number of furan rings is 1. The Hall–Kier alpha value is -4.51. The third-order valence-electron chi connectivity index (χ3n) is 5.40. The number of carbonyl (C=O) groups excluding carboxylic acids is 2. The minimum Gasteiger partial charge on any atom is -0.467 e. The minimum atomic E-state index is -0.365. The summed E-state index contributed by atoms with van der Waals surface area (Å²) in [6, 6.07) is 13.8. The highest BCUT2D eigenvalue weighted by Gasteiger charge is 2.19. The third kappa shape index (κ3) is 4.82. The predicted octanol–water partition coefficient (Wildman–Crippen LogP) is 4.90. The zero-order chi connectivity index (χ0) is 25.1. The van der Waals surface area contributed by atoms with Gasteiger partial charge in [0, 0.05) is 35.2 Å². The Morgan fingerprint density at radius 3 is 2.72 bits per heavy atom. The summed E-state index contributed by atoms with van der Waals surface area (Å²) in [6.45, 7) is 0.361. The molecule has 4 aromatic heterocycles. The Morgan fingerprint density at radius 2 is 1.97 bits per heavy atom. The van der Waals surface area contributed by atoms with Crippen molar-refractivity contribution >= 4 is 50.3 Å². The van der Waals surface area contributed by atoms with Crippen LogP contribution in [0.4, 0.5) is 16.2 Å². The van der Waals surface area contributed by atoms with E-state index in [1.54, 1.807) is 59.9 Å². The Morgan fingerprint density at radius 1 is 1.08 bits per heavy atom. The molecule has 11 heteroatoms. The van der Waals surface area contributed by atoms with E-state index >= 15 is 0 Å². The highest BCUT2D eigenvalue weighted by Crippen LogP contribution is 2.29. The minimum absolute atomic E-state index is 0.358. The van der Waals surface area contributed by atoms with Gasteiger partial charge in [-0.25, -0.2) is 14.5 Å². The normalized spacial score (nSPS) is 10.8. The van der Waals surface area contributed by atoms with Crippen LogP contribution in [0.2, 0.25) is 0 Å². The monoisotopic (exact) mass is 545 g/mol. The van der Waals surface area contributed by atoms with Crippen LogP contribution in [0.5, 0.6) is 0 Å². The molecule has 0 bridgehead atoms. The number of fused-ring (bicyclic) bond motifs is 1. The predicted molar refractivity (Wildman–Crippen MR) is 139 cm³/mol. The van der Waals surface area contributed by atoms with E-state index in [9.17, 15) is 9.59 Å². The lowest BCUT2D eigenvalue weighted by Gasteiger charge is -2.12. The second-order valence-corrected chi connectivity index (χ2v) is 8.62. The molecule has 3 N–H and O–H groups in total. The van der Waals surface area contributed by atoms with Crippen molar-refractivity contribution in [1.82, 2.24) is 25.1 Å². The number of aromatic nitrogens is 4. The first kappa shape index (κ1) is 23.2. The van der Waals surface area contributed by atoms with E-state index in [1.807, 2.05) is 18.2 Å². The fourth-order valence-electron chi connectivity index (χ4n) is 3.65. The van der Waals surface area contributed by atoms with Crippen molar-refractivity contribution in [2.45, 2.75) is 6.54 Å². The highest BCUT2D eigenvalue weighted by molar-refractivity contribution is 9.10. The maximum absolute atomic E-state index is 13.5. The van der Waals surface area contributed by atoms with E-state index in [-0.39, 0.29) is 11.9 Å². The van der Waals surface area contributed by atoms with E-state index < -0.39 is 0 Å². The number of benzene rings is 1. The third-order valence-corrected chi connectivity index (χ3v) is 6.09. The van der Waals surface area contributed by atoms with Crippen LogP contribution in [-0.2, 0) is 6.54 Å². The van der Waals surface area contributed by atoms with Crippen molar-refractivity contribution in [3.05, 3.63) is 89.2 Å². The van der Waals surface area contributed by atoms with Gasteiger partial charge in [-0.15, -0.1) is 0 Å². The van der Waals surface area contributed by atoms with Gasteiger partial charge in [0.1, 0.15) is 12.3 Å². The molecular weight excluding hydrogens is 526 g/mol. The molecule has 0 unspecified atom stereocenters. The Balaban J connectivity index is 1.55. The first-order valence-corrected chi connectivity index (χ1v) is 11.7. The van der Waals surface area contributed by atoms with Crippen molar-refractivity contribution in [2.24, 2.45) is 0 Å². The molecule has 4 heterocycles. The standard InChI is InChI=1S/C25H20BrN7O3/c1-27-25(35)30-16-6-7-20(26)22(10-16)32-24(34)18-11-21(15-4-2-8-28-12-15)31-23-19(18)13-29-33(23)14-17-5-3-9-36-17/h2-13H,14H2,1H3,(H,32,34)(H2,27,30,35). The van der Waals surface area contributed by atoms with Crippen LogP contribution in [0.25, 0.3) is 22.3 Å². The lowest BCUT2D eigenvalue weighted by Crippen LogP contribution is -2.24. The number of halogens is 1. The largest absolute Gasteiger partial charge is 0.467 e. The highest BCUT2D eigenvalue weighted by atomic mass is 79.9. The second kappa shape index (κ2) is 10.0. The average Bonchev–Trinajstić information content (AvgIpc) is 3.56. The number of nitrogens with zero attached hydrogens (tertiary/aromatic N) is 4. The maximum Gasteiger partial charge on any atom is 0.318 e. The van der Waals surface area contributed by atoms with Crippen molar-refractivity contribution in [3.63, 3.8) is 0 Å². The molecule has 1 aromatic carbocycles. The molecule has 10 nitrogen and oxygen atoms in total. The number of carbonyl (C=O) groups is 2. The molecule has 0 spiro atoms. The molecule has 0 atom stereocenters. The molecule has 5 aromatic rings. The smallest absolute Gasteiger partial charge is 0.318 e. The summed E-state index contributed by atoms with van der Waals surface area (Å²) in [6.07, 6.45) is 6.58. The van der Waals surface area contributed by atoms with Crippen LogP contribution in [0.1, 0.15) is 16.1 Å². The molecule has 0 saturated heterocycles. The van der Waals surface area contributed by atoms with Gasteiger partial charge in [0.15, 0.2) is 5.65 Å². The van der Waals surface area contributed by atoms with E-state index in [2.05, 4.69) is 42.0 Å². The van der Waals surface area contributed by atoms with Crippen LogP contribution in [0, 0.1) is 0 Å². The maximum atomic E-state index is 13.5. The van der Waals surface area contributed by atoms with Gasteiger partial charge in [-0.1, -0.05) is 0 Å². The van der Waals surface area contributed by atoms with Crippen LogP contribution in [-0.4, -0.2) is 38.7 Å². The summed E-state index contributed by atoms with van der Waals surface area (Å²) >= 11 is 3.46. The molecule has 5 rings (SSSR count). The fourth-order valence-corrected chi connectivity index (χ4v) is 3.99. The molecule has 0 aliphatic rings. The molecule has 36 heavy (non-hydrogen) atoms. The van der Waals surface area contributed by atoms with Gasteiger partial charge in [-0.2, -0.15) is 5.10 Å². The molecule has 0 aliphatic carbocycles. The van der Waals surface area contributed by atoms with Crippen molar-refractivity contribution in [3.8, 4) is 11.3 Å². The second-order valence-electron chi connectivity index (χ2n) is 7.77. The Bertz CT molecular complexity index is 1550. The lowest BCUT2D eigenvalue weighted by atomic mass is 10.1. The van der Waals surface area contributed by atoms with Gasteiger partial charge in [0.05, 0.1) is 34.8 Å². The van der Waals surface area contributed by atoms with E-state index in [1.165, 1.54) is 7.05 Å². The van der Waals surface area contributed by atoms with Crippen molar-refractivity contribution in [1.29, 1.82) is 0 Å². The first-order valence-electron chi connectivity index (χ1n) is 10.9. The molecule has 0 saturated carbocycles. The van der Waals surface area contributed by atoms with Gasteiger partial charge in [0.2, 0.25) is 0 Å². The summed E-state index contributed by atoms with van der Waals surface area (Å²) in [4.78, 5) is 34.2. The summed E-state index contributed by atoms with van der Waals surface area (Å²) in [5.74, 6) is 0.354. The van der Waals surface area contributed by atoms with Gasteiger partial charge in [0.25, 0.3) is 5.91 Å². The number of rotatable bonds is 6. The Kier molecular flexibility index (Phi) is 6.46. The van der Waals surface area contributed by atoms with Gasteiger partial charge < -0.3 is 20.4 Å². The van der Waals surface area contributed by atoms with Crippen LogP contribution in [0.15, 0.2) is 82.3 Å². The number of hydrogen-bond acceptors (Lipinski definition) is 6. The summed E-state index contributed by atoms with van der Waals surface area (Å²) in [7, 11) is 1.53. The number of nitrogens with one attached hydrogen (secondary N) is 3. The van der Waals surface area contributed by atoms with Crippen LogP contribution >= 0.6 is 15.9 Å². The molecular formula is C25H20BrN7O3. The number of pyridine rings is 2. The average molecular weight is 546 g/mol. The lowest BCUT2D eigenvalue weighted by molar-refractivity contribution is 0.102. The van der Waals surface area contributed by atoms with E-state index in [0.29, 0.717) is 50.4 Å². The van der Waals surface area contributed by atoms with Gasteiger partial charge in [-0.3, -0.25) is 9.78 Å². The SMILES string of the molecule is CNC(=O)Nc1ccc(Br)c(NC(=O)c2cc(-c3cccnc3)nc3c2cnn3Cc2ccco2)c1. The molecule has 3 amide bonds. The fraction of sp³-hybridized carbons (Fsp3) is 0.0800. The first-order chi connectivity index (χ1) is 17.5. The van der Waals surface area contributed by atoms with Crippen molar-refractivity contribution in [2.75, 3.05) is 17.7 Å². The molecule has 0 radical (unpaired) electrons. The van der Waals surface area contributed by atoms with Gasteiger partial charge in [-0.05, 0) is 64.5 Å². The van der Waals surface area contributed by atoms with Crippen LogP contribution < -0.4 is 16.0 Å². The van der Waals surface area contributed by atoms with E-state index in [4.69, 9.17) is 9.40 Å². The van der Waals surface area contributed by atoms with Crippen molar-refractivity contribution < 1.29 is 14.0 Å². The molecule has 0 aliphatic heterocycles. The number of hydrogen-bond donors (Lipinski definition) is 3. The number of amides is 3.